The van der Waals surface area contributed by atoms with E-state index in [1.54, 1.807) is 6.92 Å². The van der Waals surface area contributed by atoms with E-state index in [9.17, 15) is 4.79 Å². The minimum absolute atomic E-state index is 0.00685. The van der Waals surface area contributed by atoms with Gasteiger partial charge in [-0.25, -0.2) is 0 Å². The number of carbonyl (C=O) groups is 1. The minimum atomic E-state index is 0.00685. The molecular weight excluding hydrogens is 198 g/mol. The smallest absolute Gasteiger partial charge is 0.217 e. The zero-order valence-corrected chi connectivity index (χ0v) is 10.8. The third-order valence-corrected chi connectivity index (χ3v) is 2.70. The molecule has 2 nitrogen and oxygen atoms in total. The van der Waals surface area contributed by atoms with Crippen molar-refractivity contribution < 1.29 is 4.79 Å². The average Bonchev–Trinajstić information content (AvgIpc) is 2.15. The molecule has 0 saturated heterocycles. The molecule has 0 aromatic heterocycles. The molecule has 1 aromatic carbocycles. The van der Waals surface area contributed by atoms with Gasteiger partial charge in [0.25, 0.3) is 0 Å². The molecule has 0 spiro atoms. The van der Waals surface area contributed by atoms with Crippen molar-refractivity contribution in [2.24, 2.45) is 0 Å². The first-order valence-electron chi connectivity index (χ1n) is 5.68. The van der Waals surface area contributed by atoms with Gasteiger partial charge in [0.15, 0.2) is 0 Å². The number of carbonyl (C=O) groups excluding carboxylic acids is 1. The predicted molar refractivity (Wildman–Crippen MR) is 67.4 cm³/mol. The summed E-state index contributed by atoms with van der Waals surface area (Å²) < 4.78 is 0. The number of hydrogen-bond donors (Lipinski definition) is 1. The van der Waals surface area contributed by atoms with Gasteiger partial charge in [0.1, 0.15) is 0 Å². The molecule has 1 amide bonds. The summed E-state index contributed by atoms with van der Waals surface area (Å²) in [6, 6.07) is 8.51. The summed E-state index contributed by atoms with van der Waals surface area (Å²) in [5, 5.41) is 2.88. The van der Waals surface area contributed by atoms with Crippen LogP contribution in [0.3, 0.4) is 0 Å². The first-order valence-corrected chi connectivity index (χ1v) is 5.68. The molecule has 88 valence electrons. The van der Waals surface area contributed by atoms with E-state index in [0.29, 0.717) is 0 Å². The Morgan fingerprint density at radius 1 is 1.19 bits per heavy atom. The highest BCUT2D eigenvalue weighted by atomic mass is 16.1. The third kappa shape index (κ3) is 3.37. The van der Waals surface area contributed by atoms with E-state index in [-0.39, 0.29) is 17.4 Å². The molecule has 0 bridgehead atoms. The van der Waals surface area contributed by atoms with E-state index in [1.807, 2.05) is 6.92 Å². The van der Waals surface area contributed by atoms with E-state index >= 15 is 0 Å². The summed E-state index contributed by atoms with van der Waals surface area (Å²) in [5.74, 6) is 0.00685. The summed E-state index contributed by atoms with van der Waals surface area (Å²) in [5.41, 5.74) is 2.63. The fourth-order valence-corrected chi connectivity index (χ4v) is 1.66. The van der Waals surface area contributed by atoms with Crippen molar-refractivity contribution in [2.75, 3.05) is 0 Å². The van der Waals surface area contributed by atoms with Crippen LogP contribution in [-0.4, -0.2) is 5.91 Å². The standard InChI is InChI=1S/C14H21NO/c1-10(15-11(2)16)12-6-8-13(9-7-12)14(3,4)5/h6-10H,1-5H3,(H,15,16)/t10-/m1/s1. The highest BCUT2D eigenvalue weighted by molar-refractivity contribution is 5.73. The summed E-state index contributed by atoms with van der Waals surface area (Å²) in [4.78, 5) is 10.9. The number of nitrogens with one attached hydrogen (secondary N) is 1. The van der Waals surface area contributed by atoms with Crippen LogP contribution in [-0.2, 0) is 10.2 Å². The molecule has 0 heterocycles. The van der Waals surface area contributed by atoms with Crippen LogP contribution in [0.4, 0.5) is 0 Å². The Morgan fingerprint density at radius 2 is 1.69 bits per heavy atom. The van der Waals surface area contributed by atoms with Crippen LogP contribution in [0, 0.1) is 0 Å². The number of rotatable bonds is 2. The van der Waals surface area contributed by atoms with Gasteiger partial charge in [-0.15, -0.1) is 0 Å². The van der Waals surface area contributed by atoms with E-state index in [0.717, 1.165) is 5.56 Å². The van der Waals surface area contributed by atoms with E-state index in [4.69, 9.17) is 0 Å². The molecule has 0 aliphatic heterocycles. The van der Waals surface area contributed by atoms with Crippen LogP contribution in [0.5, 0.6) is 0 Å². The summed E-state index contributed by atoms with van der Waals surface area (Å²) in [7, 11) is 0. The van der Waals surface area contributed by atoms with Crippen LogP contribution in [0.25, 0.3) is 0 Å². The fraction of sp³-hybridized carbons (Fsp3) is 0.500. The third-order valence-electron chi connectivity index (χ3n) is 2.70. The zero-order valence-electron chi connectivity index (χ0n) is 10.8. The molecule has 16 heavy (non-hydrogen) atoms. The van der Waals surface area contributed by atoms with Gasteiger partial charge in [-0.3, -0.25) is 4.79 Å². The van der Waals surface area contributed by atoms with Gasteiger partial charge in [-0.05, 0) is 23.5 Å². The highest BCUT2D eigenvalue weighted by Gasteiger charge is 2.14. The van der Waals surface area contributed by atoms with Gasteiger partial charge in [0.05, 0.1) is 6.04 Å². The number of benzene rings is 1. The minimum Gasteiger partial charge on any atom is -0.350 e. The molecule has 1 N–H and O–H groups in total. The average molecular weight is 219 g/mol. The topological polar surface area (TPSA) is 29.1 Å². The quantitative estimate of drug-likeness (QED) is 0.813. The van der Waals surface area contributed by atoms with Crippen molar-refractivity contribution in [1.29, 1.82) is 0 Å². The molecule has 1 atom stereocenters. The first-order chi connectivity index (χ1) is 7.30. The predicted octanol–water partition coefficient (Wildman–Crippen LogP) is 3.18. The molecule has 1 aromatic rings. The zero-order chi connectivity index (χ0) is 12.3. The van der Waals surface area contributed by atoms with E-state index in [1.165, 1.54) is 5.56 Å². The molecule has 0 aliphatic rings. The van der Waals surface area contributed by atoms with Gasteiger partial charge in [-0.1, -0.05) is 45.0 Å². The first kappa shape index (κ1) is 12.8. The molecule has 0 saturated carbocycles. The SMILES string of the molecule is CC(=O)N[C@H](C)c1ccc(C(C)(C)C)cc1. The van der Waals surface area contributed by atoms with Gasteiger partial charge < -0.3 is 5.32 Å². The lowest BCUT2D eigenvalue weighted by Gasteiger charge is -2.20. The van der Waals surface area contributed by atoms with Crippen LogP contribution in [0.15, 0.2) is 24.3 Å². The van der Waals surface area contributed by atoms with Gasteiger partial charge in [-0.2, -0.15) is 0 Å². The van der Waals surface area contributed by atoms with Gasteiger partial charge >= 0.3 is 0 Å². The maximum atomic E-state index is 10.9. The second-order valence-corrected chi connectivity index (χ2v) is 5.29. The molecule has 0 fully saturated rings. The molecule has 0 aliphatic carbocycles. The Morgan fingerprint density at radius 3 is 2.06 bits per heavy atom. The Hall–Kier alpha value is -1.31. The van der Waals surface area contributed by atoms with Crippen LogP contribution >= 0.6 is 0 Å². The number of hydrogen-bond acceptors (Lipinski definition) is 1. The lowest BCUT2D eigenvalue weighted by atomic mass is 9.86. The van der Waals surface area contributed by atoms with Crippen LogP contribution in [0.1, 0.15) is 51.8 Å². The Balaban J connectivity index is 2.83. The van der Waals surface area contributed by atoms with E-state index in [2.05, 4.69) is 50.4 Å². The summed E-state index contributed by atoms with van der Waals surface area (Å²) in [6.07, 6.45) is 0. The van der Waals surface area contributed by atoms with Crippen molar-refractivity contribution in [3.8, 4) is 0 Å². The molecule has 1 rings (SSSR count). The van der Waals surface area contributed by atoms with Crippen LogP contribution < -0.4 is 5.32 Å². The maximum Gasteiger partial charge on any atom is 0.217 e. The van der Waals surface area contributed by atoms with Gasteiger partial charge in [0, 0.05) is 6.92 Å². The second-order valence-electron chi connectivity index (χ2n) is 5.29. The van der Waals surface area contributed by atoms with Crippen LogP contribution in [0.2, 0.25) is 0 Å². The van der Waals surface area contributed by atoms with Crippen molar-refractivity contribution in [2.45, 2.75) is 46.1 Å². The summed E-state index contributed by atoms with van der Waals surface area (Å²) >= 11 is 0. The van der Waals surface area contributed by atoms with Crippen molar-refractivity contribution in [1.82, 2.24) is 5.32 Å². The lowest BCUT2D eigenvalue weighted by Crippen LogP contribution is -2.23. The lowest BCUT2D eigenvalue weighted by molar-refractivity contribution is -0.119. The largest absolute Gasteiger partial charge is 0.350 e. The van der Waals surface area contributed by atoms with Crippen molar-refractivity contribution >= 4 is 5.91 Å². The molecule has 0 unspecified atom stereocenters. The Bertz CT molecular complexity index is 359. The normalized spacial score (nSPS) is 13.3. The highest BCUT2D eigenvalue weighted by Crippen LogP contribution is 2.23. The van der Waals surface area contributed by atoms with Gasteiger partial charge in [0.2, 0.25) is 5.91 Å². The second kappa shape index (κ2) is 4.69. The number of amides is 1. The molecule has 0 radical (unpaired) electrons. The molecule has 2 heteroatoms. The molecular formula is C14H21NO. The fourth-order valence-electron chi connectivity index (χ4n) is 1.66. The Kier molecular flexibility index (Phi) is 3.74. The van der Waals surface area contributed by atoms with E-state index < -0.39 is 0 Å². The summed E-state index contributed by atoms with van der Waals surface area (Å²) in [6.45, 7) is 10.1. The van der Waals surface area contributed by atoms with Crippen molar-refractivity contribution in [3.63, 3.8) is 0 Å². The van der Waals surface area contributed by atoms with Crippen molar-refractivity contribution in [3.05, 3.63) is 35.4 Å². The monoisotopic (exact) mass is 219 g/mol. The Labute approximate surface area is 98.1 Å². The maximum absolute atomic E-state index is 10.9.